The summed E-state index contributed by atoms with van der Waals surface area (Å²) in [4.78, 5) is 14.3. The number of rotatable bonds is 6. The molecule has 1 atom stereocenters. The van der Waals surface area contributed by atoms with Gasteiger partial charge in [0.15, 0.2) is 0 Å². The molecule has 21 heavy (non-hydrogen) atoms. The van der Waals surface area contributed by atoms with E-state index < -0.39 is 0 Å². The number of benzene rings is 1. The third kappa shape index (κ3) is 5.36. The zero-order valence-corrected chi connectivity index (χ0v) is 12.5. The summed E-state index contributed by atoms with van der Waals surface area (Å²) in [5.41, 5.74) is 0.663. The Morgan fingerprint density at radius 3 is 2.81 bits per heavy atom. The van der Waals surface area contributed by atoms with Crippen molar-refractivity contribution in [1.82, 2.24) is 10.2 Å². The van der Waals surface area contributed by atoms with Gasteiger partial charge in [-0.2, -0.15) is 0 Å². The molecule has 0 saturated carbocycles. The Morgan fingerprint density at radius 2 is 2.10 bits per heavy atom. The van der Waals surface area contributed by atoms with E-state index in [1.54, 1.807) is 18.2 Å². The van der Waals surface area contributed by atoms with Gasteiger partial charge in [0.05, 0.1) is 19.6 Å². The number of morpholine rings is 1. The fourth-order valence-electron chi connectivity index (χ4n) is 2.47. The van der Waals surface area contributed by atoms with Crippen LogP contribution in [-0.2, 0) is 16.0 Å². The van der Waals surface area contributed by atoms with E-state index in [-0.39, 0.29) is 18.1 Å². The molecule has 0 radical (unpaired) electrons. The second kappa shape index (κ2) is 8.00. The average Bonchev–Trinajstić information content (AvgIpc) is 2.49. The summed E-state index contributed by atoms with van der Waals surface area (Å²) in [6.45, 7) is 7.30. The summed E-state index contributed by atoms with van der Waals surface area (Å²) in [6.07, 6.45) is 0.219. The Kier molecular flexibility index (Phi) is 6.02. The number of phenols is 1. The molecule has 0 spiro atoms. The summed E-state index contributed by atoms with van der Waals surface area (Å²) >= 11 is 0. The summed E-state index contributed by atoms with van der Waals surface area (Å²) in [5, 5.41) is 12.6. The molecule has 1 saturated heterocycles. The molecule has 5 heteroatoms. The van der Waals surface area contributed by atoms with Crippen LogP contribution in [0.25, 0.3) is 0 Å². The predicted octanol–water partition coefficient (Wildman–Crippen LogP) is 1.02. The molecule has 1 heterocycles. The van der Waals surface area contributed by atoms with Crippen molar-refractivity contribution >= 4 is 5.91 Å². The second-order valence-electron chi connectivity index (χ2n) is 5.63. The number of para-hydroxylation sites is 1. The Hall–Kier alpha value is -1.59. The Bertz CT molecular complexity index is 459. The van der Waals surface area contributed by atoms with Crippen LogP contribution in [0.15, 0.2) is 24.3 Å². The minimum Gasteiger partial charge on any atom is -0.508 e. The number of hydrogen-bond acceptors (Lipinski definition) is 4. The minimum atomic E-state index is -0.0506. The smallest absolute Gasteiger partial charge is 0.224 e. The van der Waals surface area contributed by atoms with Crippen molar-refractivity contribution < 1.29 is 14.6 Å². The first-order valence-electron chi connectivity index (χ1n) is 7.49. The van der Waals surface area contributed by atoms with Crippen molar-refractivity contribution in [2.45, 2.75) is 13.3 Å². The van der Waals surface area contributed by atoms with Crippen LogP contribution >= 0.6 is 0 Å². The van der Waals surface area contributed by atoms with Gasteiger partial charge < -0.3 is 15.2 Å². The molecule has 1 aliphatic rings. The first-order chi connectivity index (χ1) is 10.1. The quantitative estimate of drug-likeness (QED) is 0.822. The van der Waals surface area contributed by atoms with Crippen molar-refractivity contribution in [3.05, 3.63) is 29.8 Å². The fourth-order valence-corrected chi connectivity index (χ4v) is 2.47. The molecule has 2 rings (SSSR count). The van der Waals surface area contributed by atoms with Crippen molar-refractivity contribution in [2.75, 3.05) is 39.4 Å². The van der Waals surface area contributed by atoms with Crippen LogP contribution in [0, 0.1) is 5.92 Å². The van der Waals surface area contributed by atoms with Crippen LogP contribution < -0.4 is 5.32 Å². The van der Waals surface area contributed by atoms with Gasteiger partial charge in [-0.1, -0.05) is 25.1 Å². The van der Waals surface area contributed by atoms with Gasteiger partial charge in [0, 0.05) is 31.7 Å². The second-order valence-corrected chi connectivity index (χ2v) is 5.63. The molecule has 2 N–H and O–H groups in total. The maximum absolute atomic E-state index is 11.9. The van der Waals surface area contributed by atoms with E-state index >= 15 is 0 Å². The van der Waals surface area contributed by atoms with Gasteiger partial charge in [0.2, 0.25) is 5.91 Å². The van der Waals surface area contributed by atoms with E-state index in [0.29, 0.717) is 18.0 Å². The van der Waals surface area contributed by atoms with E-state index in [2.05, 4.69) is 17.1 Å². The minimum absolute atomic E-state index is 0.0506. The van der Waals surface area contributed by atoms with Gasteiger partial charge in [-0.15, -0.1) is 0 Å². The fraction of sp³-hybridized carbons (Fsp3) is 0.562. The SMILES string of the molecule is CC(CNC(=O)Cc1ccccc1O)CN1CCOCC1. The standard InChI is InChI=1S/C16H24N2O3/c1-13(12-18-6-8-21-9-7-18)11-17-16(20)10-14-4-2-3-5-15(14)19/h2-5,13,19H,6-12H2,1H3,(H,17,20). The zero-order chi connectivity index (χ0) is 15.1. The van der Waals surface area contributed by atoms with Crippen molar-refractivity contribution in [2.24, 2.45) is 5.92 Å². The Balaban J connectivity index is 1.69. The number of ether oxygens (including phenoxy) is 1. The number of hydrogen-bond donors (Lipinski definition) is 2. The molecule has 116 valence electrons. The average molecular weight is 292 g/mol. The molecule has 0 bridgehead atoms. The maximum Gasteiger partial charge on any atom is 0.224 e. The highest BCUT2D eigenvalue weighted by Gasteiger charge is 2.14. The number of nitrogens with zero attached hydrogens (tertiary/aromatic N) is 1. The van der Waals surface area contributed by atoms with Crippen LogP contribution in [0.1, 0.15) is 12.5 Å². The molecular formula is C16H24N2O3. The van der Waals surface area contributed by atoms with Crippen LogP contribution in [0.2, 0.25) is 0 Å². The van der Waals surface area contributed by atoms with Gasteiger partial charge in [0.25, 0.3) is 0 Å². The lowest BCUT2D eigenvalue weighted by Gasteiger charge is -2.29. The highest BCUT2D eigenvalue weighted by molar-refractivity contribution is 5.79. The largest absolute Gasteiger partial charge is 0.508 e. The summed E-state index contributed by atoms with van der Waals surface area (Å²) in [6, 6.07) is 6.94. The highest BCUT2D eigenvalue weighted by atomic mass is 16.5. The first-order valence-corrected chi connectivity index (χ1v) is 7.49. The molecule has 1 aliphatic heterocycles. The number of amides is 1. The van der Waals surface area contributed by atoms with E-state index in [9.17, 15) is 9.90 Å². The lowest BCUT2D eigenvalue weighted by Crippen LogP contribution is -2.41. The van der Waals surface area contributed by atoms with Crippen LogP contribution in [0.4, 0.5) is 0 Å². The molecule has 0 aromatic heterocycles. The van der Waals surface area contributed by atoms with E-state index in [1.807, 2.05) is 6.07 Å². The lowest BCUT2D eigenvalue weighted by molar-refractivity contribution is -0.120. The molecule has 1 fully saturated rings. The Morgan fingerprint density at radius 1 is 1.38 bits per heavy atom. The van der Waals surface area contributed by atoms with E-state index in [1.165, 1.54) is 0 Å². The molecule has 1 aromatic carbocycles. The van der Waals surface area contributed by atoms with Gasteiger partial charge in [0.1, 0.15) is 5.75 Å². The van der Waals surface area contributed by atoms with Gasteiger partial charge in [-0.25, -0.2) is 0 Å². The molecule has 5 nitrogen and oxygen atoms in total. The summed E-state index contributed by atoms with van der Waals surface area (Å²) in [5.74, 6) is 0.524. The zero-order valence-electron chi connectivity index (χ0n) is 12.5. The van der Waals surface area contributed by atoms with Crippen molar-refractivity contribution in [3.63, 3.8) is 0 Å². The number of phenolic OH excluding ortho intramolecular Hbond substituents is 1. The molecule has 1 aromatic rings. The third-order valence-electron chi connectivity index (χ3n) is 3.66. The summed E-state index contributed by atoms with van der Waals surface area (Å²) in [7, 11) is 0. The number of nitrogens with one attached hydrogen (secondary N) is 1. The van der Waals surface area contributed by atoms with Crippen molar-refractivity contribution in [1.29, 1.82) is 0 Å². The molecular weight excluding hydrogens is 268 g/mol. The molecule has 1 unspecified atom stereocenters. The van der Waals surface area contributed by atoms with E-state index in [4.69, 9.17) is 4.74 Å². The monoisotopic (exact) mass is 292 g/mol. The summed E-state index contributed by atoms with van der Waals surface area (Å²) < 4.78 is 5.32. The van der Waals surface area contributed by atoms with Crippen LogP contribution in [-0.4, -0.2) is 55.3 Å². The number of aromatic hydroxyl groups is 1. The molecule has 0 aliphatic carbocycles. The van der Waals surface area contributed by atoms with Crippen LogP contribution in [0.3, 0.4) is 0 Å². The van der Waals surface area contributed by atoms with Crippen LogP contribution in [0.5, 0.6) is 5.75 Å². The topological polar surface area (TPSA) is 61.8 Å². The highest BCUT2D eigenvalue weighted by Crippen LogP contribution is 2.15. The predicted molar refractivity (Wildman–Crippen MR) is 81.2 cm³/mol. The Labute approximate surface area is 125 Å². The maximum atomic E-state index is 11.9. The molecule has 1 amide bonds. The third-order valence-corrected chi connectivity index (χ3v) is 3.66. The van der Waals surface area contributed by atoms with Gasteiger partial charge in [-0.05, 0) is 12.0 Å². The number of carbonyl (C=O) groups excluding carboxylic acids is 1. The van der Waals surface area contributed by atoms with E-state index in [0.717, 1.165) is 32.8 Å². The normalized spacial score (nSPS) is 17.4. The van der Waals surface area contributed by atoms with Gasteiger partial charge in [-0.3, -0.25) is 9.69 Å². The first kappa shape index (κ1) is 15.8. The van der Waals surface area contributed by atoms with Crippen molar-refractivity contribution in [3.8, 4) is 5.75 Å². The number of carbonyl (C=O) groups is 1. The van der Waals surface area contributed by atoms with Gasteiger partial charge >= 0.3 is 0 Å². The lowest BCUT2D eigenvalue weighted by atomic mass is 10.1.